The molecule has 0 saturated carbocycles. The number of rotatable bonds is 4. The third kappa shape index (κ3) is 4.29. The Bertz CT molecular complexity index is 492. The molecule has 0 spiro atoms. The highest BCUT2D eigenvalue weighted by Gasteiger charge is 2.23. The summed E-state index contributed by atoms with van der Waals surface area (Å²) in [5.74, 6) is -1.33. The van der Waals surface area contributed by atoms with E-state index < -0.39 is 18.0 Å². The molecule has 0 aliphatic carbocycles. The Morgan fingerprint density at radius 3 is 2.42 bits per heavy atom. The number of aliphatic carboxylic acids is 1. The van der Waals surface area contributed by atoms with Gasteiger partial charge in [0.25, 0.3) is 0 Å². The first-order valence-corrected chi connectivity index (χ1v) is 6.33. The van der Waals surface area contributed by atoms with Gasteiger partial charge in [0.1, 0.15) is 6.04 Å². The van der Waals surface area contributed by atoms with Crippen LogP contribution >= 0.6 is 23.2 Å². The summed E-state index contributed by atoms with van der Waals surface area (Å²) in [6.07, 6.45) is 0. The molecule has 0 unspecified atom stereocenters. The number of hydrogen-bond acceptors (Lipinski definition) is 2. The van der Waals surface area contributed by atoms with Gasteiger partial charge in [0.2, 0.25) is 0 Å². The van der Waals surface area contributed by atoms with Crippen LogP contribution in [0.5, 0.6) is 0 Å². The quantitative estimate of drug-likeness (QED) is 0.799. The number of carboxylic acids is 1. The minimum Gasteiger partial charge on any atom is -0.480 e. The molecule has 0 aliphatic heterocycles. The molecule has 1 aromatic carbocycles. The van der Waals surface area contributed by atoms with Gasteiger partial charge in [-0.1, -0.05) is 43.1 Å². The molecule has 0 saturated heterocycles. The van der Waals surface area contributed by atoms with E-state index >= 15 is 0 Å². The lowest BCUT2D eigenvalue weighted by atomic mass is 10.1. The van der Waals surface area contributed by atoms with Crippen molar-refractivity contribution >= 4 is 40.9 Å². The fourth-order valence-corrected chi connectivity index (χ4v) is 1.76. The smallest absolute Gasteiger partial charge is 0.326 e. The number of amides is 2. The predicted octanol–water partition coefficient (Wildman–Crippen LogP) is 3.22. The summed E-state index contributed by atoms with van der Waals surface area (Å²) in [6, 6.07) is 3.16. The molecule has 0 heterocycles. The van der Waals surface area contributed by atoms with Crippen molar-refractivity contribution in [3.8, 4) is 0 Å². The summed E-state index contributed by atoms with van der Waals surface area (Å²) < 4.78 is 0. The first kappa shape index (κ1) is 15.6. The Balaban J connectivity index is 2.75. The van der Waals surface area contributed by atoms with Gasteiger partial charge in [0.05, 0.1) is 15.7 Å². The van der Waals surface area contributed by atoms with Crippen LogP contribution in [0.2, 0.25) is 10.0 Å². The average molecular weight is 305 g/mol. The lowest BCUT2D eigenvalue weighted by Gasteiger charge is -2.18. The highest BCUT2D eigenvalue weighted by molar-refractivity contribution is 6.43. The Labute approximate surface area is 120 Å². The molecule has 7 heteroatoms. The molecule has 0 fully saturated rings. The van der Waals surface area contributed by atoms with E-state index in [1.807, 2.05) is 0 Å². The minimum absolute atomic E-state index is 0.204. The second kappa shape index (κ2) is 6.63. The highest BCUT2D eigenvalue weighted by Crippen LogP contribution is 2.29. The number of carbonyl (C=O) groups is 2. The molecule has 1 rings (SSSR count). The van der Waals surface area contributed by atoms with Crippen LogP contribution in [0, 0.1) is 5.92 Å². The summed E-state index contributed by atoms with van der Waals surface area (Å²) in [5, 5.41) is 14.3. The second-order valence-corrected chi connectivity index (χ2v) is 5.04. The number of anilines is 1. The van der Waals surface area contributed by atoms with Crippen molar-refractivity contribution in [2.75, 3.05) is 5.32 Å². The van der Waals surface area contributed by atoms with Crippen molar-refractivity contribution in [1.29, 1.82) is 0 Å². The summed E-state index contributed by atoms with van der Waals surface area (Å²) in [5.41, 5.74) is 0.319. The molecule has 3 N–H and O–H groups in total. The zero-order valence-corrected chi connectivity index (χ0v) is 11.9. The molecule has 2 amide bonds. The third-order valence-electron chi connectivity index (χ3n) is 2.42. The van der Waals surface area contributed by atoms with Crippen LogP contribution in [-0.2, 0) is 4.79 Å². The van der Waals surface area contributed by atoms with Gasteiger partial charge < -0.3 is 15.7 Å². The maximum absolute atomic E-state index is 11.7. The van der Waals surface area contributed by atoms with Crippen molar-refractivity contribution in [1.82, 2.24) is 5.32 Å². The number of hydrogen-bond donors (Lipinski definition) is 3. The lowest BCUT2D eigenvalue weighted by molar-refractivity contribution is -0.140. The van der Waals surface area contributed by atoms with E-state index in [4.69, 9.17) is 28.3 Å². The minimum atomic E-state index is -1.10. The SMILES string of the molecule is CC(C)[C@@H](NC(=O)Nc1cccc(Cl)c1Cl)C(=O)O. The Morgan fingerprint density at radius 1 is 1.26 bits per heavy atom. The van der Waals surface area contributed by atoms with E-state index in [-0.39, 0.29) is 10.9 Å². The summed E-state index contributed by atoms with van der Waals surface area (Å²) >= 11 is 11.7. The van der Waals surface area contributed by atoms with Crippen LogP contribution in [0.3, 0.4) is 0 Å². The first-order chi connectivity index (χ1) is 8.82. The third-order valence-corrected chi connectivity index (χ3v) is 3.24. The molecule has 0 bridgehead atoms. The second-order valence-electron chi connectivity index (χ2n) is 4.26. The van der Waals surface area contributed by atoms with E-state index in [1.165, 1.54) is 0 Å². The maximum Gasteiger partial charge on any atom is 0.326 e. The summed E-state index contributed by atoms with van der Waals surface area (Å²) in [4.78, 5) is 22.7. The normalized spacial score (nSPS) is 12.1. The number of urea groups is 1. The van der Waals surface area contributed by atoms with Gasteiger partial charge in [-0.05, 0) is 18.1 Å². The van der Waals surface area contributed by atoms with Crippen molar-refractivity contribution in [2.24, 2.45) is 5.92 Å². The molecule has 0 aliphatic rings. The first-order valence-electron chi connectivity index (χ1n) is 5.57. The zero-order valence-electron chi connectivity index (χ0n) is 10.4. The van der Waals surface area contributed by atoms with Crippen LogP contribution in [0.1, 0.15) is 13.8 Å². The number of nitrogens with one attached hydrogen (secondary N) is 2. The summed E-state index contributed by atoms with van der Waals surface area (Å²) in [6.45, 7) is 3.40. The standard InChI is InChI=1S/C12H14Cl2N2O3/c1-6(2)10(11(17)18)16-12(19)15-8-5-3-4-7(13)9(8)14/h3-6,10H,1-2H3,(H,17,18)(H2,15,16,19)/t10-/m1/s1. The van der Waals surface area contributed by atoms with Gasteiger partial charge in [-0.25, -0.2) is 9.59 Å². The van der Waals surface area contributed by atoms with Crippen LogP contribution in [0.4, 0.5) is 10.5 Å². The van der Waals surface area contributed by atoms with Gasteiger partial charge in [-0.3, -0.25) is 0 Å². The van der Waals surface area contributed by atoms with Gasteiger partial charge in [0.15, 0.2) is 0 Å². The van der Waals surface area contributed by atoms with Crippen LogP contribution < -0.4 is 10.6 Å². The summed E-state index contributed by atoms with van der Waals surface area (Å²) in [7, 11) is 0. The molecule has 1 atom stereocenters. The van der Waals surface area contributed by atoms with Gasteiger partial charge in [0, 0.05) is 0 Å². The van der Waals surface area contributed by atoms with E-state index in [1.54, 1.807) is 32.0 Å². The van der Waals surface area contributed by atoms with E-state index in [0.29, 0.717) is 10.7 Å². The lowest BCUT2D eigenvalue weighted by Crippen LogP contribution is -2.46. The molecular weight excluding hydrogens is 291 g/mol. The number of carbonyl (C=O) groups excluding carboxylic acids is 1. The van der Waals surface area contributed by atoms with Crippen LogP contribution in [0.15, 0.2) is 18.2 Å². The average Bonchev–Trinajstić information content (AvgIpc) is 2.31. The van der Waals surface area contributed by atoms with Gasteiger partial charge >= 0.3 is 12.0 Å². The topological polar surface area (TPSA) is 78.4 Å². The molecule has 104 valence electrons. The molecule has 0 aromatic heterocycles. The Hall–Kier alpha value is -1.46. The van der Waals surface area contributed by atoms with Crippen molar-refractivity contribution in [2.45, 2.75) is 19.9 Å². The fraction of sp³-hybridized carbons (Fsp3) is 0.333. The molecule has 0 radical (unpaired) electrons. The van der Waals surface area contributed by atoms with Gasteiger partial charge in [-0.2, -0.15) is 0 Å². The van der Waals surface area contributed by atoms with Crippen molar-refractivity contribution in [3.05, 3.63) is 28.2 Å². The molecule has 19 heavy (non-hydrogen) atoms. The van der Waals surface area contributed by atoms with Crippen LogP contribution in [-0.4, -0.2) is 23.1 Å². The Kier molecular flexibility index (Phi) is 5.44. The fourth-order valence-electron chi connectivity index (χ4n) is 1.41. The zero-order chi connectivity index (χ0) is 14.6. The highest BCUT2D eigenvalue weighted by atomic mass is 35.5. The van der Waals surface area contributed by atoms with Gasteiger partial charge in [-0.15, -0.1) is 0 Å². The number of halogens is 2. The van der Waals surface area contributed by atoms with Crippen LogP contribution in [0.25, 0.3) is 0 Å². The molecular formula is C12H14Cl2N2O3. The van der Waals surface area contributed by atoms with E-state index in [2.05, 4.69) is 10.6 Å². The largest absolute Gasteiger partial charge is 0.480 e. The van der Waals surface area contributed by atoms with Crippen molar-refractivity contribution in [3.63, 3.8) is 0 Å². The number of benzene rings is 1. The maximum atomic E-state index is 11.7. The van der Waals surface area contributed by atoms with E-state index in [0.717, 1.165) is 0 Å². The van der Waals surface area contributed by atoms with E-state index in [9.17, 15) is 9.59 Å². The molecule has 5 nitrogen and oxygen atoms in total. The predicted molar refractivity (Wildman–Crippen MR) is 74.9 cm³/mol. The monoisotopic (exact) mass is 304 g/mol. The molecule has 1 aromatic rings. The Morgan fingerprint density at radius 2 is 1.89 bits per heavy atom. The number of carboxylic acid groups (broad SMARTS) is 1. The van der Waals surface area contributed by atoms with Crippen molar-refractivity contribution < 1.29 is 14.7 Å².